The van der Waals surface area contributed by atoms with E-state index in [1.165, 1.54) is 0 Å². The highest BCUT2D eigenvalue weighted by Crippen LogP contribution is 1.96. The molecule has 1 saturated heterocycles. The molecule has 1 atom stereocenters. The molecule has 3 nitrogen and oxygen atoms in total. The summed E-state index contributed by atoms with van der Waals surface area (Å²) in [5, 5.41) is 2.73. The number of amides is 1. The molecule has 0 aromatic rings. The normalized spacial score (nSPS) is 29.0. The Balaban J connectivity index is 2.41. The maximum atomic E-state index is 10.8. The summed E-state index contributed by atoms with van der Waals surface area (Å²) in [6, 6.07) is 0. The zero-order valence-electron chi connectivity index (χ0n) is 5.52. The summed E-state index contributed by atoms with van der Waals surface area (Å²) < 4.78 is 5.10. The van der Waals surface area contributed by atoms with Gasteiger partial charge in [-0.25, -0.2) is 0 Å². The van der Waals surface area contributed by atoms with Crippen molar-refractivity contribution in [2.45, 2.75) is 19.4 Å². The van der Waals surface area contributed by atoms with Gasteiger partial charge in [0.15, 0.2) is 0 Å². The number of nitrogens with one attached hydrogen (secondary N) is 1. The van der Waals surface area contributed by atoms with Crippen LogP contribution >= 0.6 is 0 Å². The fourth-order valence-electron chi connectivity index (χ4n) is 0.763. The van der Waals surface area contributed by atoms with Crippen LogP contribution in [-0.4, -0.2) is 25.2 Å². The lowest BCUT2D eigenvalue weighted by Crippen LogP contribution is -2.31. The van der Waals surface area contributed by atoms with E-state index in [0.29, 0.717) is 6.61 Å². The molecule has 1 aliphatic rings. The average Bonchev–Trinajstić information content (AvgIpc) is 1.99. The number of hydrogen-bond donors (Lipinski definition) is 1. The molecule has 3 heteroatoms. The maximum absolute atomic E-state index is 10.8. The van der Waals surface area contributed by atoms with Gasteiger partial charge >= 0.3 is 0 Å². The highest BCUT2D eigenvalue weighted by Gasteiger charge is 2.14. The van der Waals surface area contributed by atoms with Gasteiger partial charge in [-0.2, -0.15) is 0 Å². The van der Waals surface area contributed by atoms with Crippen LogP contribution in [0, 0.1) is 0 Å². The molecule has 0 radical (unpaired) electrons. The molecule has 1 N–H and O–H groups in total. The van der Waals surface area contributed by atoms with E-state index in [-0.39, 0.29) is 12.0 Å². The molecule has 52 valence electrons. The van der Waals surface area contributed by atoms with Gasteiger partial charge in [0.1, 0.15) is 6.10 Å². The molecular formula is C6H11NO2. The Morgan fingerprint density at radius 2 is 2.56 bits per heavy atom. The van der Waals surface area contributed by atoms with E-state index < -0.39 is 0 Å². The second-order valence-electron chi connectivity index (χ2n) is 2.16. The Hall–Kier alpha value is -0.570. The Labute approximate surface area is 54.4 Å². The van der Waals surface area contributed by atoms with E-state index in [0.717, 1.165) is 13.0 Å². The number of hydrogen-bond acceptors (Lipinski definition) is 2. The molecule has 0 spiro atoms. The van der Waals surface area contributed by atoms with Crippen molar-refractivity contribution in [1.82, 2.24) is 5.32 Å². The predicted octanol–water partition coefficient (Wildman–Crippen LogP) is -0.0886. The average molecular weight is 129 g/mol. The summed E-state index contributed by atoms with van der Waals surface area (Å²) in [4.78, 5) is 10.8. The second-order valence-corrected chi connectivity index (χ2v) is 2.16. The first-order valence-electron chi connectivity index (χ1n) is 3.20. The van der Waals surface area contributed by atoms with Crippen LogP contribution in [0.4, 0.5) is 0 Å². The first kappa shape index (κ1) is 6.55. The third-order valence-electron chi connectivity index (χ3n) is 1.36. The fraction of sp³-hybridized carbons (Fsp3) is 0.833. The van der Waals surface area contributed by atoms with E-state index in [9.17, 15) is 4.79 Å². The van der Waals surface area contributed by atoms with Crippen molar-refractivity contribution < 1.29 is 9.53 Å². The third-order valence-corrected chi connectivity index (χ3v) is 1.36. The summed E-state index contributed by atoms with van der Waals surface area (Å²) in [6.45, 7) is 3.21. The van der Waals surface area contributed by atoms with Gasteiger partial charge in [0.2, 0.25) is 5.91 Å². The van der Waals surface area contributed by atoms with Gasteiger partial charge in [-0.3, -0.25) is 4.79 Å². The molecule has 1 heterocycles. The van der Waals surface area contributed by atoms with Crippen LogP contribution in [0.2, 0.25) is 0 Å². The van der Waals surface area contributed by atoms with Gasteiger partial charge in [0, 0.05) is 13.2 Å². The number of rotatable bonds is 0. The van der Waals surface area contributed by atoms with Crippen molar-refractivity contribution in [3.05, 3.63) is 0 Å². The minimum Gasteiger partial charge on any atom is -0.369 e. The van der Waals surface area contributed by atoms with Crippen molar-refractivity contribution in [2.75, 3.05) is 13.2 Å². The molecule has 1 rings (SSSR count). The highest BCUT2D eigenvalue weighted by molar-refractivity contribution is 5.80. The summed E-state index contributed by atoms with van der Waals surface area (Å²) >= 11 is 0. The second kappa shape index (κ2) is 2.82. The van der Waals surface area contributed by atoms with E-state index >= 15 is 0 Å². The van der Waals surface area contributed by atoms with Crippen molar-refractivity contribution in [2.24, 2.45) is 0 Å². The van der Waals surface area contributed by atoms with Gasteiger partial charge in [-0.05, 0) is 13.3 Å². The highest BCUT2D eigenvalue weighted by atomic mass is 16.5. The van der Waals surface area contributed by atoms with E-state index in [1.807, 2.05) is 0 Å². The summed E-state index contributed by atoms with van der Waals surface area (Å²) in [5.74, 6) is 0.00694. The molecule has 0 bridgehead atoms. The summed E-state index contributed by atoms with van der Waals surface area (Å²) in [7, 11) is 0. The largest absolute Gasteiger partial charge is 0.369 e. The standard InChI is InChI=1S/C6H11NO2/c1-5-6(8)7-3-2-4-9-5/h5H,2-4H2,1H3,(H,7,8)/t5-/m0/s1. The van der Waals surface area contributed by atoms with Crippen LogP contribution in [0.25, 0.3) is 0 Å². The van der Waals surface area contributed by atoms with E-state index in [2.05, 4.69) is 5.32 Å². The Morgan fingerprint density at radius 1 is 1.78 bits per heavy atom. The molecule has 0 unspecified atom stereocenters. The predicted molar refractivity (Wildman–Crippen MR) is 33.0 cm³/mol. The number of carbonyl (C=O) groups excluding carboxylic acids is 1. The summed E-state index contributed by atoms with van der Waals surface area (Å²) in [5.41, 5.74) is 0. The van der Waals surface area contributed by atoms with Gasteiger partial charge in [0.05, 0.1) is 0 Å². The van der Waals surface area contributed by atoms with E-state index in [4.69, 9.17) is 4.74 Å². The van der Waals surface area contributed by atoms with Crippen LogP contribution < -0.4 is 5.32 Å². The summed E-state index contributed by atoms with van der Waals surface area (Å²) in [6.07, 6.45) is 0.670. The first-order chi connectivity index (χ1) is 4.30. The molecule has 1 fully saturated rings. The van der Waals surface area contributed by atoms with Crippen LogP contribution in [0.1, 0.15) is 13.3 Å². The topological polar surface area (TPSA) is 38.3 Å². The van der Waals surface area contributed by atoms with Crippen molar-refractivity contribution in [3.8, 4) is 0 Å². The zero-order chi connectivity index (χ0) is 6.69. The molecule has 1 amide bonds. The quantitative estimate of drug-likeness (QED) is 0.496. The molecular weight excluding hydrogens is 118 g/mol. The lowest BCUT2D eigenvalue weighted by atomic mass is 10.4. The first-order valence-corrected chi connectivity index (χ1v) is 3.20. The third kappa shape index (κ3) is 1.68. The van der Waals surface area contributed by atoms with Gasteiger partial charge in [-0.15, -0.1) is 0 Å². The molecule has 0 aromatic heterocycles. The molecule has 9 heavy (non-hydrogen) atoms. The fourth-order valence-corrected chi connectivity index (χ4v) is 0.763. The SMILES string of the molecule is C[C@@H]1OCCCNC1=O. The maximum Gasteiger partial charge on any atom is 0.248 e. The number of carbonyl (C=O) groups is 1. The lowest BCUT2D eigenvalue weighted by Gasteiger charge is -2.05. The zero-order valence-corrected chi connectivity index (χ0v) is 5.52. The van der Waals surface area contributed by atoms with Gasteiger partial charge < -0.3 is 10.1 Å². The van der Waals surface area contributed by atoms with Crippen LogP contribution in [0.3, 0.4) is 0 Å². The van der Waals surface area contributed by atoms with Crippen LogP contribution in [0.15, 0.2) is 0 Å². The Kier molecular flexibility index (Phi) is 2.05. The molecule has 0 aromatic carbocycles. The van der Waals surface area contributed by atoms with Crippen molar-refractivity contribution in [1.29, 1.82) is 0 Å². The smallest absolute Gasteiger partial charge is 0.248 e. The molecule has 0 saturated carbocycles. The Morgan fingerprint density at radius 3 is 3.33 bits per heavy atom. The lowest BCUT2D eigenvalue weighted by molar-refractivity contribution is -0.129. The van der Waals surface area contributed by atoms with Crippen LogP contribution in [0.5, 0.6) is 0 Å². The van der Waals surface area contributed by atoms with Crippen molar-refractivity contribution in [3.63, 3.8) is 0 Å². The van der Waals surface area contributed by atoms with Gasteiger partial charge in [-0.1, -0.05) is 0 Å². The van der Waals surface area contributed by atoms with Crippen molar-refractivity contribution >= 4 is 5.91 Å². The van der Waals surface area contributed by atoms with Gasteiger partial charge in [0.25, 0.3) is 0 Å². The van der Waals surface area contributed by atoms with E-state index in [1.54, 1.807) is 6.92 Å². The Bertz CT molecular complexity index is 114. The monoisotopic (exact) mass is 129 g/mol. The molecule has 1 aliphatic heterocycles. The minimum absolute atomic E-state index is 0.00694. The molecule has 0 aliphatic carbocycles. The van der Waals surface area contributed by atoms with Crippen LogP contribution in [-0.2, 0) is 9.53 Å². The number of ether oxygens (including phenoxy) is 1. The minimum atomic E-state index is -0.257.